The molecular weight excluding hydrogens is 190 g/mol. The third-order valence-electron chi connectivity index (χ3n) is 2.33. The fraction of sp³-hybridized carbons (Fsp3) is 0.250. The highest BCUT2D eigenvalue weighted by Gasteiger charge is 2.00. The van der Waals surface area contributed by atoms with Gasteiger partial charge >= 0.3 is 0 Å². The Balaban J connectivity index is 2.02. The van der Waals surface area contributed by atoms with Crippen LogP contribution < -0.4 is 4.74 Å². The molecule has 0 amide bonds. The molecule has 0 saturated heterocycles. The lowest BCUT2D eigenvalue weighted by atomic mass is 10.1. The van der Waals surface area contributed by atoms with Crippen LogP contribution in [0.5, 0.6) is 5.88 Å². The first kappa shape index (κ1) is 9.77. The molecule has 0 fully saturated rings. The molecule has 0 atom stereocenters. The number of aromatic nitrogens is 1. The minimum absolute atomic E-state index is 0.466. The van der Waals surface area contributed by atoms with Gasteiger partial charge in [0.2, 0.25) is 6.26 Å². The molecule has 1 radical (unpaired) electrons. The van der Waals surface area contributed by atoms with E-state index >= 15 is 0 Å². The Bertz CT molecular complexity index is 435. The molecule has 77 valence electrons. The van der Waals surface area contributed by atoms with Gasteiger partial charge in [0.25, 0.3) is 5.88 Å². The Morgan fingerprint density at radius 3 is 2.87 bits per heavy atom. The van der Waals surface area contributed by atoms with Gasteiger partial charge in [0.15, 0.2) is 0 Å². The second-order valence-corrected chi connectivity index (χ2v) is 3.49. The smallest absolute Gasteiger partial charge is 0.255 e. The zero-order chi connectivity index (χ0) is 10.7. The van der Waals surface area contributed by atoms with Crippen LogP contribution in [-0.2, 0) is 6.61 Å². The van der Waals surface area contributed by atoms with Crippen LogP contribution in [0.25, 0.3) is 0 Å². The lowest BCUT2D eigenvalue weighted by molar-refractivity contribution is 0.268. The summed E-state index contributed by atoms with van der Waals surface area (Å²) < 4.78 is 9.94. The predicted molar refractivity (Wildman–Crippen MR) is 55.6 cm³/mol. The van der Waals surface area contributed by atoms with Crippen LogP contribution in [0.3, 0.4) is 0 Å². The number of nitrogens with zero attached hydrogens (tertiary/aromatic N) is 1. The van der Waals surface area contributed by atoms with Gasteiger partial charge in [-0.15, -0.1) is 0 Å². The van der Waals surface area contributed by atoms with Gasteiger partial charge in [0, 0.05) is 0 Å². The average molecular weight is 202 g/mol. The summed E-state index contributed by atoms with van der Waals surface area (Å²) >= 11 is 0. The Labute approximate surface area is 88.7 Å². The molecule has 0 saturated carbocycles. The van der Waals surface area contributed by atoms with E-state index < -0.39 is 0 Å². The van der Waals surface area contributed by atoms with Crippen LogP contribution in [0.15, 0.2) is 28.8 Å². The Morgan fingerprint density at radius 2 is 2.20 bits per heavy atom. The van der Waals surface area contributed by atoms with E-state index in [0.717, 1.165) is 5.56 Å². The third kappa shape index (κ3) is 2.37. The van der Waals surface area contributed by atoms with Crippen LogP contribution in [0.4, 0.5) is 0 Å². The molecule has 15 heavy (non-hydrogen) atoms. The summed E-state index contributed by atoms with van der Waals surface area (Å²) in [7, 11) is 0. The second kappa shape index (κ2) is 4.17. The number of benzene rings is 1. The van der Waals surface area contributed by atoms with E-state index in [9.17, 15) is 0 Å². The van der Waals surface area contributed by atoms with Crippen molar-refractivity contribution in [1.29, 1.82) is 0 Å². The minimum atomic E-state index is 0.466. The van der Waals surface area contributed by atoms with Crippen LogP contribution in [0.2, 0.25) is 0 Å². The molecule has 3 nitrogen and oxygen atoms in total. The van der Waals surface area contributed by atoms with Crippen LogP contribution in [0.1, 0.15) is 16.7 Å². The largest absolute Gasteiger partial charge is 0.471 e. The van der Waals surface area contributed by atoms with Gasteiger partial charge < -0.3 is 9.26 Å². The van der Waals surface area contributed by atoms with E-state index in [4.69, 9.17) is 4.74 Å². The molecule has 0 unspecified atom stereocenters. The lowest BCUT2D eigenvalue weighted by Gasteiger charge is -2.05. The van der Waals surface area contributed by atoms with E-state index in [2.05, 4.69) is 41.9 Å². The lowest BCUT2D eigenvalue weighted by Crippen LogP contribution is -1.96. The molecule has 1 heterocycles. The fourth-order valence-corrected chi connectivity index (χ4v) is 1.29. The second-order valence-electron chi connectivity index (χ2n) is 3.49. The summed E-state index contributed by atoms with van der Waals surface area (Å²) in [6.45, 7) is 4.68. The van der Waals surface area contributed by atoms with Gasteiger partial charge in [-0.05, 0) is 35.7 Å². The third-order valence-corrected chi connectivity index (χ3v) is 2.33. The molecule has 0 aliphatic heterocycles. The predicted octanol–water partition coefficient (Wildman–Crippen LogP) is 2.67. The zero-order valence-electron chi connectivity index (χ0n) is 8.78. The fourth-order valence-electron chi connectivity index (χ4n) is 1.29. The monoisotopic (exact) mass is 202 g/mol. The number of hydrogen-bond acceptors (Lipinski definition) is 3. The topological polar surface area (TPSA) is 35.3 Å². The quantitative estimate of drug-likeness (QED) is 0.767. The average Bonchev–Trinajstić information content (AvgIpc) is 2.73. The standard InChI is InChI=1S/C12H12NO2/c1-9-3-4-11(7-10(9)2)8-14-12-5-6-15-13-12/h3-5,7H,8H2,1-2H3. The molecule has 0 spiro atoms. The summed E-state index contributed by atoms with van der Waals surface area (Å²) in [5.41, 5.74) is 3.68. The highest BCUT2D eigenvalue weighted by atomic mass is 16.5. The van der Waals surface area contributed by atoms with E-state index in [0.29, 0.717) is 12.5 Å². The summed E-state index contributed by atoms with van der Waals surface area (Å²) in [5, 5.41) is 3.62. The van der Waals surface area contributed by atoms with Gasteiger partial charge in [-0.3, -0.25) is 0 Å². The molecule has 1 aromatic carbocycles. The van der Waals surface area contributed by atoms with Crippen molar-refractivity contribution in [2.75, 3.05) is 0 Å². The zero-order valence-corrected chi connectivity index (χ0v) is 8.78. The van der Waals surface area contributed by atoms with Crippen molar-refractivity contribution in [3.8, 4) is 5.88 Å². The van der Waals surface area contributed by atoms with Crippen molar-refractivity contribution in [2.24, 2.45) is 0 Å². The van der Waals surface area contributed by atoms with Gasteiger partial charge in [-0.25, -0.2) is 0 Å². The molecule has 0 bridgehead atoms. The Kier molecular flexibility index (Phi) is 2.72. The van der Waals surface area contributed by atoms with E-state index in [1.165, 1.54) is 11.1 Å². The maximum absolute atomic E-state index is 5.39. The Morgan fingerprint density at radius 1 is 1.33 bits per heavy atom. The molecule has 2 rings (SSSR count). The van der Waals surface area contributed by atoms with Gasteiger partial charge in [0.05, 0.1) is 6.07 Å². The molecule has 0 aliphatic rings. The summed E-state index contributed by atoms with van der Waals surface area (Å²) in [6.07, 6.45) is 2.48. The van der Waals surface area contributed by atoms with Crippen molar-refractivity contribution in [3.63, 3.8) is 0 Å². The molecule has 2 aromatic rings. The maximum atomic E-state index is 5.39. The van der Waals surface area contributed by atoms with Crippen molar-refractivity contribution < 1.29 is 9.26 Å². The SMILES string of the molecule is Cc1ccc(COc2c[c]on2)cc1C. The molecule has 3 heteroatoms. The highest BCUT2D eigenvalue weighted by Crippen LogP contribution is 2.12. The van der Waals surface area contributed by atoms with Crippen LogP contribution >= 0.6 is 0 Å². The van der Waals surface area contributed by atoms with Crippen LogP contribution in [0, 0.1) is 20.1 Å². The van der Waals surface area contributed by atoms with Crippen molar-refractivity contribution >= 4 is 0 Å². The first-order valence-electron chi connectivity index (χ1n) is 4.77. The first-order valence-corrected chi connectivity index (χ1v) is 4.77. The van der Waals surface area contributed by atoms with Crippen molar-refractivity contribution in [2.45, 2.75) is 20.5 Å². The first-order chi connectivity index (χ1) is 7.25. The van der Waals surface area contributed by atoms with Crippen molar-refractivity contribution in [3.05, 3.63) is 47.2 Å². The molecule has 0 N–H and O–H groups in total. The van der Waals surface area contributed by atoms with E-state index in [1.54, 1.807) is 6.07 Å². The maximum Gasteiger partial charge on any atom is 0.255 e. The summed E-state index contributed by atoms with van der Waals surface area (Å²) in [4.78, 5) is 0. The van der Waals surface area contributed by atoms with Gasteiger partial charge in [-0.1, -0.05) is 18.2 Å². The summed E-state index contributed by atoms with van der Waals surface area (Å²) in [5.74, 6) is 0.466. The van der Waals surface area contributed by atoms with E-state index in [-0.39, 0.29) is 0 Å². The normalized spacial score (nSPS) is 10.3. The molecule has 0 aliphatic carbocycles. The Hall–Kier alpha value is -1.77. The van der Waals surface area contributed by atoms with E-state index in [1.807, 2.05) is 6.07 Å². The number of ether oxygens (including phenoxy) is 1. The minimum Gasteiger partial charge on any atom is -0.471 e. The van der Waals surface area contributed by atoms with Crippen LogP contribution in [-0.4, -0.2) is 5.16 Å². The highest BCUT2D eigenvalue weighted by molar-refractivity contribution is 5.29. The van der Waals surface area contributed by atoms with Crippen molar-refractivity contribution in [1.82, 2.24) is 5.16 Å². The number of aryl methyl sites for hydroxylation is 2. The number of hydrogen-bond donors (Lipinski definition) is 0. The molecular formula is C12H12NO2. The molecule has 1 aromatic heterocycles. The number of rotatable bonds is 3. The van der Waals surface area contributed by atoms with Gasteiger partial charge in [0.1, 0.15) is 6.61 Å². The van der Waals surface area contributed by atoms with Gasteiger partial charge in [-0.2, -0.15) is 0 Å². The summed E-state index contributed by atoms with van der Waals surface area (Å²) in [6, 6.07) is 7.81.